The van der Waals surface area contributed by atoms with Gasteiger partial charge in [-0.3, -0.25) is 4.79 Å². The van der Waals surface area contributed by atoms with Crippen molar-refractivity contribution in [2.45, 2.75) is 18.9 Å². The number of rotatable bonds is 6. The topological polar surface area (TPSA) is 38.3 Å². The Bertz CT molecular complexity index is 624. The zero-order chi connectivity index (χ0) is 16.0. The van der Waals surface area contributed by atoms with E-state index in [1.54, 1.807) is 13.2 Å². The molecule has 2 aromatic rings. The summed E-state index contributed by atoms with van der Waals surface area (Å²) in [5.74, 6) is -0.113. The molecule has 2 rings (SSSR count). The lowest BCUT2D eigenvalue weighted by atomic mass is 9.90. The van der Waals surface area contributed by atoms with Gasteiger partial charge in [0.25, 0.3) is 5.91 Å². The summed E-state index contributed by atoms with van der Waals surface area (Å²) >= 11 is 3.40. The van der Waals surface area contributed by atoms with Crippen LogP contribution in [0.25, 0.3) is 0 Å². The van der Waals surface area contributed by atoms with E-state index in [0.717, 1.165) is 16.5 Å². The first-order chi connectivity index (χ1) is 10.6. The fourth-order valence-electron chi connectivity index (χ4n) is 2.47. The summed E-state index contributed by atoms with van der Waals surface area (Å²) in [7, 11) is 1.68. The third-order valence-electron chi connectivity index (χ3n) is 3.91. The Hall–Kier alpha value is -1.65. The molecule has 0 aliphatic heterocycles. The molecule has 3 nitrogen and oxygen atoms in total. The lowest BCUT2D eigenvalue weighted by Gasteiger charge is -2.32. The third-order valence-corrected chi connectivity index (χ3v) is 4.61. The summed E-state index contributed by atoms with van der Waals surface area (Å²) in [5, 5.41) is 2.99. The number of hydrogen-bond acceptors (Lipinski definition) is 2. The number of hydrogen-bond donors (Lipinski definition) is 1. The Balaban J connectivity index is 2.16. The number of amides is 1. The maximum Gasteiger partial charge on any atom is 0.252 e. The monoisotopic (exact) mass is 361 g/mol. The maximum absolute atomic E-state index is 12.4. The predicted octanol–water partition coefficient (Wildman–Crippen LogP) is 4.13. The quantitative estimate of drug-likeness (QED) is 0.839. The molecule has 4 heteroatoms. The predicted molar refractivity (Wildman–Crippen MR) is 91.9 cm³/mol. The molecule has 2 aromatic carbocycles. The molecule has 1 N–H and O–H groups in total. The zero-order valence-corrected chi connectivity index (χ0v) is 14.4. The molecule has 116 valence electrons. The third kappa shape index (κ3) is 3.57. The summed E-state index contributed by atoms with van der Waals surface area (Å²) in [4.78, 5) is 12.4. The fourth-order valence-corrected chi connectivity index (χ4v) is 2.94. The normalized spacial score (nSPS) is 13.4. The zero-order valence-electron chi connectivity index (χ0n) is 12.8. The van der Waals surface area contributed by atoms with Gasteiger partial charge in [-0.05, 0) is 40.0 Å². The number of carbonyl (C=O) groups excluding carboxylic acids is 1. The van der Waals surface area contributed by atoms with E-state index in [0.29, 0.717) is 12.1 Å². The van der Waals surface area contributed by atoms with Crippen LogP contribution in [0.4, 0.5) is 0 Å². The molecule has 0 bridgehead atoms. The first-order valence-corrected chi connectivity index (χ1v) is 8.05. The van der Waals surface area contributed by atoms with Crippen molar-refractivity contribution < 1.29 is 9.53 Å². The highest BCUT2D eigenvalue weighted by Crippen LogP contribution is 2.28. The summed E-state index contributed by atoms with van der Waals surface area (Å²) < 4.78 is 6.55. The average Bonchev–Trinajstić information content (AvgIpc) is 2.57. The summed E-state index contributed by atoms with van der Waals surface area (Å²) in [5.41, 5.74) is 1.17. The molecule has 0 radical (unpaired) electrons. The van der Waals surface area contributed by atoms with E-state index < -0.39 is 5.60 Å². The molecule has 22 heavy (non-hydrogen) atoms. The minimum Gasteiger partial charge on any atom is -0.372 e. The minimum absolute atomic E-state index is 0.113. The van der Waals surface area contributed by atoms with Crippen LogP contribution in [0, 0.1) is 0 Å². The second-order valence-corrected chi connectivity index (χ2v) is 5.93. The summed E-state index contributed by atoms with van der Waals surface area (Å²) in [6.45, 7) is 2.48. The molecule has 0 aliphatic rings. The molecule has 0 unspecified atom stereocenters. The van der Waals surface area contributed by atoms with Gasteiger partial charge in [0.05, 0.1) is 12.1 Å². The molecule has 0 aliphatic carbocycles. The number of benzene rings is 2. The van der Waals surface area contributed by atoms with Gasteiger partial charge < -0.3 is 10.1 Å². The molecule has 0 spiro atoms. The molecule has 1 amide bonds. The van der Waals surface area contributed by atoms with Gasteiger partial charge in [-0.15, -0.1) is 0 Å². The van der Waals surface area contributed by atoms with Gasteiger partial charge in [0.2, 0.25) is 0 Å². The van der Waals surface area contributed by atoms with E-state index in [4.69, 9.17) is 4.74 Å². The van der Waals surface area contributed by atoms with Crippen LogP contribution in [0.3, 0.4) is 0 Å². The Kier molecular flexibility index (Phi) is 5.75. The van der Waals surface area contributed by atoms with Crippen LogP contribution in [-0.4, -0.2) is 19.6 Å². The van der Waals surface area contributed by atoms with Crippen molar-refractivity contribution in [1.29, 1.82) is 0 Å². The maximum atomic E-state index is 12.4. The van der Waals surface area contributed by atoms with Gasteiger partial charge >= 0.3 is 0 Å². The van der Waals surface area contributed by atoms with Crippen LogP contribution in [0.15, 0.2) is 59.1 Å². The van der Waals surface area contributed by atoms with E-state index in [-0.39, 0.29) is 5.91 Å². The Labute approximate surface area is 139 Å². The highest BCUT2D eigenvalue weighted by atomic mass is 79.9. The highest BCUT2D eigenvalue weighted by molar-refractivity contribution is 9.10. The van der Waals surface area contributed by atoms with Gasteiger partial charge in [-0.2, -0.15) is 0 Å². The SMILES string of the molecule is CC[C@](CNC(=O)c1ccccc1Br)(OC)c1ccccc1. The number of nitrogens with one attached hydrogen (secondary N) is 1. The van der Waals surface area contributed by atoms with E-state index in [1.807, 2.05) is 48.5 Å². The van der Waals surface area contributed by atoms with Crippen LogP contribution < -0.4 is 5.32 Å². The molecule has 0 heterocycles. The van der Waals surface area contributed by atoms with E-state index in [9.17, 15) is 4.79 Å². The van der Waals surface area contributed by atoms with Crippen LogP contribution in [0.5, 0.6) is 0 Å². The highest BCUT2D eigenvalue weighted by Gasteiger charge is 2.30. The van der Waals surface area contributed by atoms with Crippen LogP contribution >= 0.6 is 15.9 Å². The lowest BCUT2D eigenvalue weighted by Crippen LogP contribution is -2.42. The van der Waals surface area contributed by atoms with Crippen molar-refractivity contribution in [3.8, 4) is 0 Å². The number of carbonyl (C=O) groups is 1. The van der Waals surface area contributed by atoms with Gasteiger partial charge in [0, 0.05) is 11.6 Å². The van der Waals surface area contributed by atoms with Crippen molar-refractivity contribution in [3.05, 3.63) is 70.2 Å². The summed E-state index contributed by atoms with van der Waals surface area (Å²) in [6.07, 6.45) is 0.768. The Morgan fingerprint density at radius 1 is 1.14 bits per heavy atom. The molecule has 1 atom stereocenters. The first-order valence-electron chi connectivity index (χ1n) is 7.26. The van der Waals surface area contributed by atoms with Crippen LogP contribution in [-0.2, 0) is 10.3 Å². The van der Waals surface area contributed by atoms with E-state index in [1.165, 1.54) is 0 Å². The smallest absolute Gasteiger partial charge is 0.252 e. The van der Waals surface area contributed by atoms with Gasteiger partial charge in [-0.1, -0.05) is 49.4 Å². The average molecular weight is 362 g/mol. The van der Waals surface area contributed by atoms with Crippen molar-refractivity contribution in [3.63, 3.8) is 0 Å². The Morgan fingerprint density at radius 3 is 2.36 bits per heavy atom. The van der Waals surface area contributed by atoms with Gasteiger partial charge in [0.1, 0.15) is 5.60 Å². The van der Waals surface area contributed by atoms with E-state index in [2.05, 4.69) is 28.2 Å². The molecule has 0 saturated carbocycles. The number of halogens is 1. The molecular weight excluding hydrogens is 342 g/mol. The van der Waals surface area contributed by atoms with Crippen LogP contribution in [0.1, 0.15) is 29.3 Å². The van der Waals surface area contributed by atoms with Crippen molar-refractivity contribution >= 4 is 21.8 Å². The molecule has 0 fully saturated rings. The van der Waals surface area contributed by atoms with Crippen molar-refractivity contribution in [2.24, 2.45) is 0 Å². The van der Waals surface area contributed by atoms with Crippen LogP contribution in [0.2, 0.25) is 0 Å². The Morgan fingerprint density at radius 2 is 1.77 bits per heavy atom. The van der Waals surface area contributed by atoms with Gasteiger partial charge in [-0.25, -0.2) is 0 Å². The van der Waals surface area contributed by atoms with Crippen molar-refractivity contribution in [1.82, 2.24) is 5.32 Å². The first kappa shape index (κ1) is 16.7. The molecular formula is C18H20BrNO2. The summed E-state index contributed by atoms with van der Waals surface area (Å²) in [6, 6.07) is 17.4. The fraction of sp³-hybridized carbons (Fsp3) is 0.278. The molecule has 0 aromatic heterocycles. The number of methoxy groups -OCH3 is 1. The van der Waals surface area contributed by atoms with Crippen molar-refractivity contribution in [2.75, 3.05) is 13.7 Å². The molecule has 0 saturated heterocycles. The lowest BCUT2D eigenvalue weighted by molar-refractivity contribution is -0.0164. The largest absolute Gasteiger partial charge is 0.372 e. The minimum atomic E-state index is -0.516. The van der Waals surface area contributed by atoms with E-state index >= 15 is 0 Å². The number of ether oxygens (including phenoxy) is 1. The van der Waals surface area contributed by atoms with Gasteiger partial charge in [0.15, 0.2) is 0 Å². The second kappa shape index (κ2) is 7.56. The second-order valence-electron chi connectivity index (χ2n) is 5.08. The standard InChI is InChI=1S/C18H20BrNO2/c1-3-18(22-2,14-9-5-4-6-10-14)13-20-17(21)15-11-7-8-12-16(15)19/h4-12H,3,13H2,1-2H3,(H,20,21)/t18-/m1/s1.